The number of carbonyl (C=O) groups is 3. The Balaban J connectivity index is 1.09. The number of benzene rings is 1. The molecule has 12 nitrogen and oxygen atoms in total. The largest absolute Gasteiger partial charge is 0.454 e. The van der Waals surface area contributed by atoms with E-state index in [4.69, 9.17) is 25.9 Å². The number of fused-ring (bicyclic) bond motifs is 4. The molecule has 1 amide bonds. The minimum atomic E-state index is -1.57. The molecule has 3 aliphatic carbocycles. The van der Waals surface area contributed by atoms with Crippen LogP contribution in [0.3, 0.4) is 0 Å². The maximum absolute atomic E-state index is 14.2. The highest BCUT2D eigenvalue weighted by Crippen LogP contribution is 2.53. The van der Waals surface area contributed by atoms with Gasteiger partial charge in [0, 0.05) is 70.5 Å². The predicted molar refractivity (Wildman–Crippen MR) is 194 cm³/mol. The van der Waals surface area contributed by atoms with Gasteiger partial charge in [-0.25, -0.2) is 0 Å². The first-order valence-electron chi connectivity index (χ1n) is 19.2. The smallest absolute Gasteiger partial charge is 0.323 e. The van der Waals surface area contributed by atoms with E-state index in [-0.39, 0.29) is 36.0 Å². The van der Waals surface area contributed by atoms with Gasteiger partial charge in [-0.3, -0.25) is 34.5 Å². The van der Waals surface area contributed by atoms with Gasteiger partial charge in [0.05, 0.1) is 10.7 Å². The zero-order chi connectivity index (χ0) is 37.1. The number of halogens is 1. The normalized spacial score (nSPS) is 37.1. The Morgan fingerprint density at radius 3 is 2.48 bits per heavy atom. The van der Waals surface area contributed by atoms with Crippen LogP contribution in [0.15, 0.2) is 29.8 Å². The third-order valence-electron chi connectivity index (χ3n) is 13.2. The molecule has 7 rings (SSSR count). The summed E-state index contributed by atoms with van der Waals surface area (Å²) in [5, 5.41) is 29.8. The molecule has 13 heteroatoms. The number of piperazine rings is 1. The molecule has 286 valence electrons. The Kier molecular flexibility index (Phi) is 10.5. The average Bonchev–Trinajstić information content (AvgIpc) is 3.77. The maximum atomic E-state index is 14.2. The molecule has 2 saturated carbocycles. The molecule has 0 radical (unpaired) electrons. The highest BCUT2D eigenvalue weighted by Gasteiger charge is 2.62. The summed E-state index contributed by atoms with van der Waals surface area (Å²) in [5.41, 5.74) is -1.30. The molecule has 2 saturated heterocycles. The number of hydrogen-bond donors (Lipinski definition) is 3. The molecule has 1 unspecified atom stereocenters. The molecule has 6 aliphatic rings. The van der Waals surface area contributed by atoms with Crippen molar-refractivity contribution < 1.29 is 38.9 Å². The van der Waals surface area contributed by atoms with Crippen molar-refractivity contribution in [1.82, 2.24) is 15.1 Å². The Morgan fingerprint density at radius 2 is 1.79 bits per heavy atom. The van der Waals surface area contributed by atoms with Crippen molar-refractivity contribution >= 4 is 35.1 Å². The van der Waals surface area contributed by atoms with Crippen LogP contribution < -0.4 is 10.4 Å². The van der Waals surface area contributed by atoms with Crippen molar-refractivity contribution in [2.24, 2.45) is 29.6 Å². The minimum absolute atomic E-state index is 0.0476. The van der Waals surface area contributed by atoms with Crippen LogP contribution >= 0.6 is 11.6 Å². The number of nitrogens with zero attached hydrogens (tertiary/aromatic N) is 3. The quantitative estimate of drug-likeness (QED) is 0.278. The number of hydroxylamine groups is 1. The number of ether oxygens (including phenoxy) is 2. The molecule has 1 aromatic carbocycles. The van der Waals surface area contributed by atoms with Gasteiger partial charge in [0.2, 0.25) is 5.91 Å². The van der Waals surface area contributed by atoms with Gasteiger partial charge < -0.3 is 24.6 Å². The molecule has 3 N–H and O–H groups in total. The molecular formula is C39H55ClN4O8. The SMILES string of the molecule is CC(=O)O[C@@H]1C(C)=C[C@@H]2[C@H](C(C)CN3CCN(C(=O)C4CCCC4)CC3)CC[C@@H](C)[C@]2(O)[C@H]1OC(=O)[C@@H]1C[C@@]2(O)c3cccc(Cl)c3N(C)O[C@H]2N1. The van der Waals surface area contributed by atoms with E-state index in [1.165, 1.54) is 12.0 Å². The Hall–Kier alpha value is -2.74. The lowest BCUT2D eigenvalue weighted by Gasteiger charge is -2.56. The first-order valence-corrected chi connectivity index (χ1v) is 19.6. The lowest BCUT2D eigenvalue weighted by molar-refractivity contribution is -0.225. The fourth-order valence-electron chi connectivity index (χ4n) is 10.3. The van der Waals surface area contributed by atoms with Gasteiger partial charge >= 0.3 is 11.9 Å². The Morgan fingerprint density at radius 1 is 1.08 bits per heavy atom. The molecule has 10 atom stereocenters. The number of esters is 2. The maximum Gasteiger partial charge on any atom is 0.323 e. The van der Waals surface area contributed by atoms with Crippen LogP contribution in [-0.2, 0) is 34.3 Å². The first kappa shape index (κ1) is 37.6. The summed E-state index contributed by atoms with van der Waals surface area (Å²) in [6.07, 6.45) is 4.83. The zero-order valence-corrected chi connectivity index (χ0v) is 31.8. The molecule has 0 spiro atoms. The first-order chi connectivity index (χ1) is 24.7. The van der Waals surface area contributed by atoms with E-state index in [2.05, 4.69) is 17.1 Å². The van der Waals surface area contributed by atoms with E-state index >= 15 is 0 Å². The minimum Gasteiger partial charge on any atom is -0.454 e. The van der Waals surface area contributed by atoms with Gasteiger partial charge in [-0.2, -0.15) is 0 Å². The second-order valence-electron chi connectivity index (χ2n) is 16.4. The summed E-state index contributed by atoms with van der Waals surface area (Å²) in [6, 6.07) is 4.25. The predicted octanol–water partition coefficient (Wildman–Crippen LogP) is 3.76. The van der Waals surface area contributed by atoms with Crippen LogP contribution in [0.5, 0.6) is 0 Å². The van der Waals surface area contributed by atoms with E-state index in [0.717, 1.165) is 70.4 Å². The number of carbonyl (C=O) groups excluding carboxylic acids is 3. The topological polar surface area (TPSA) is 141 Å². The van der Waals surface area contributed by atoms with E-state index in [0.29, 0.717) is 28.6 Å². The second-order valence-corrected chi connectivity index (χ2v) is 16.8. The van der Waals surface area contributed by atoms with Gasteiger partial charge in [-0.05, 0) is 62.0 Å². The Labute approximate surface area is 311 Å². The van der Waals surface area contributed by atoms with Gasteiger partial charge in [0.15, 0.2) is 18.4 Å². The molecule has 3 aliphatic heterocycles. The number of aliphatic hydroxyl groups is 2. The van der Waals surface area contributed by atoms with Crippen molar-refractivity contribution in [2.75, 3.05) is 44.8 Å². The lowest BCUT2D eigenvalue weighted by atomic mass is 9.55. The van der Waals surface area contributed by atoms with E-state index in [1.54, 1.807) is 25.2 Å². The van der Waals surface area contributed by atoms with Gasteiger partial charge in [0.25, 0.3) is 0 Å². The average molecular weight is 743 g/mol. The number of nitrogens with one attached hydrogen (secondary N) is 1. The van der Waals surface area contributed by atoms with Crippen LogP contribution in [0.1, 0.15) is 78.2 Å². The van der Waals surface area contributed by atoms with E-state index < -0.39 is 47.6 Å². The highest BCUT2D eigenvalue weighted by atomic mass is 35.5. The molecule has 52 heavy (non-hydrogen) atoms. The van der Waals surface area contributed by atoms with Crippen molar-refractivity contribution in [3.8, 4) is 0 Å². The van der Waals surface area contributed by atoms with Crippen molar-refractivity contribution in [3.63, 3.8) is 0 Å². The van der Waals surface area contributed by atoms with Gasteiger partial charge in [-0.1, -0.05) is 56.5 Å². The fraction of sp³-hybridized carbons (Fsp3) is 0.718. The molecule has 4 fully saturated rings. The molecule has 1 aromatic rings. The van der Waals surface area contributed by atoms with Crippen LogP contribution in [0.25, 0.3) is 0 Å². The third kappa shape index (κ3) is 6.55. The van der Waals surface area contributed by atoms with E-state index in [9.17, 15) is 24.6 Å². The number of para-hydroxylation sites is 1. The Bertz CT molecular complexity index is 1580. The third-order valence-corrected chi connectivity index (χ3v) is 13.5. The van der Waals surface area contributed by atoms with Crippen molar-refractivity contribution in [3.05, 3.63) is 40.4 Å². The number of anilines is 1. The van der Waals surface area contributed by atoms with E-state index in [1.807, 2.05) is 24.8 Å². The molecule has 0 aromatic heterocycles. The summed E-state index contributed by atoms with van der Waals surface area (Å²) in [6.45, 7) is 11.3. The molecule has 0 bridgehead atoms. The summed E-state index contributed by atoms with van der Waals surface area (Å²) < 4.78 is 12.1. The van der Waals surface area contributed by atoms with Crippen LogP contribution in [0.4, 0.5) is 5.69 Å². The summed E-state index contributed by atoms with van der Waals surface area (Å²) >= 11 is 6.47. The van der Waals surface area contributed by atoms with Crippen molar-refractivity contribution in [2.45, 2.75) is 108 Å². The molecular weight excluding hydrogens is 688 g/mol. The summed E-state index contributed by atoms with van der Waals surface area (Å²) in [5.74, 6) is -1.05. The van der Waals surface area contributed by atoms with Crippen LogP contribution in [0, 0.1) is 29.6 Å². The van der Waals surface area contributed by atoms with Crippen molar-refractivity contribution in [1.29, 1.82) is 0 Å². The number of hydrogen-bond acceptors (Lipinski definition) is 11. The second kappa shape index (κ2) is 14.5. The monoisotopic (exact) mass is 742 g/mol. The van der Waals surface area contributed by atoms with Gasteiger partial charge in [0.1, 0.15) is 17.2 Å². The fourth-order valence-corrected chi connectivity index (χ4v) is 10.6. The summed E-state index contributed by atoms with van der Waals surface area (Å²) in [7, 11) is 1.69. The number of amides is 1. The molecule has 3 heterocycles. The highest BCUT2D eigenvalue weighted by molar-refractivity contribution is 6.33. The lowest BCUT2D eigenvalue weighted by Crippen LogP contribution is -2.66. The zero-order valence-electron chi connectivity index (χ0n) is 31.1. The van der Waals surface area contributed by atoms with Crippen LogP contribution in [0.2, 0.25) is 5.02 Å². The number of rotatable bonds is 7. The van der Waals surface area contributed by atoms with Gasteiger partial charge in [-0.15, -0.1) is 0 Å². The summed E-state index contributed by atoms with van der Waals surface area (Å²) in [4.78, 5) is 50.1. The van der Waals surface area contributed by atoms with Crippen LogP contribution in [-0.4, -0.2) is 108 Å². The standard InChI is InChI=1S/C39H55ClN4O8/c1-22-19-29-27(23(2)21-43-15-17-44(18-16-43)35(46)26-9-6-7-10-26)14-13-24(3)39(29,49)34(33(22)50-25(4)45)51-36(47)31-20-38(48)28-11-8-12-30(40)32(28)42(5)52-37(38)41-31/h8,11-12,19,23-24,26-27,29,31,33-34,37,41,48-49H,6-7,9-10,13-18,20-21H2,1-5H3/t23?,24-,27+,29-,31+,33-,34+,37-,38-,39-/m1/s1.